The number of esters is 4. The molecule has 4 aliphatic heterocycles. The number of methoxy groups -OCH3 is 2. The van der Waals surface area contributed by atoms with Gasteiger partial charge in [0.15, 0.2) is 0 Å². The number of carbonyl (C=O) groups is 4. The maximum Gasteiger partial charge on any atom is 0.309 e. The number of hydrogen-bond acceptors (Lipinski definition) is 18. The molecular formula is C74H127IO18Sn. The molecule has 542 valence electrons. The van der Waals surface area contributed by atoms with Gasteiger partial charge in [-0.15, -0.1) is 0 Å². The molecule has 0 aromatic carbocycles. The molecule has 2 fully saturated rings. The Hall–Kier alpha value is -2.55. The van der Waals surface area contributed by atoms with E-state index < -0.39 is 102 Å². The van der Waals surface area contributed by atoms with Crippen molar-refractivity contribution < 1.29 is 87.7 Å². The summed E-state index contributed by atoms with van der Waals surface area (Å²) >= 11 is -0.195. The first kappa shape index (κ1) is 87.5. The van der Waals surface area contributed by atoms with Gasteiger partial charge >= 0.3 is 210 Å². The van der Waals surface area contributed by atoms with Gasteiger partial charge in [0.05, 0.1) is 43.4 Å². The van der Waals surface area contributed by atoms with Gasteiger partial charge in [-0.1, -0.05) is 87.6 Å². The molecule has 0 aromatic rings. The van der Waals surface area contributed by atoms with Crippen molar-refractivity contribution in [2.45, 2.75) is 318 Å². The number of cyclic esters (lactones) is 2. The Labute approximate surface area is 583 Å². The zero-order valence-electron chi connectivity index (χ0n) is 60.8. The fourth-order valence-electron chi connectivity index (χ4n) is 12.8. The average Bonchev–Trinajstić information content (AvgIpc) is 1.64. The number of ether oxygens (including phenoxy) is 8. The van der Waals surface area contributed by atoms with Crippen LogP contribution in [0.1, 0.15) is 208 Å². The minimum absolute atomic E-state index is 0.0274. The van der Waals surface area contributed by atoms with E-state index in [9.17, 15) is 49.8 Å². The Kier molecular flexibility index (Phi) is 40.8. The smallest absolute Gasteiger partial charge is 0.309 e. The molecule has 20 heteroatoms. The van der Waals surface area contributed by atoms with Crippen LogP contribution in [-0.2, 0) is 57.1 Å². The van der Waals surface area contributed by atoms with Gasteiger partial charge in [0, 0.05) is 44.6 Å². The molecule has 0 saturated carbocycles. The number of hydrogen-bond donors (Lipinski definition) is 6. The van der Waals surface area contributed by atoms with E-state index in [-0.39, 0.29) is 105 Å². The molecule has 0 aliphatic carbocycles. The number of epoxide rings is 2. The summed E-state index contributed by atoms with van der Waals surface area (Å²) in [4.78, 5) is 47.8. The van der Waals surface area contributed by atoms with E-state index in [1.165, 1.54) is 65.7 Å². The van der Waals surface area contributed by atoms with Crippen LogP contribution in [0.3, 0.4) is 0 Å². The van der Waals surface area contributed by atoms with Crippen LogP contribution in [0.5, 0.6) is 0 Å². The Morgan fingerprint density at radius 2 is 1.00 bits per heavy atom. The van der Waals surface area contributed by atoms with E-state index in [4.69, 9.17) is 37.9 Å². The summed E-state index contributed by atoms with van der Waals surface area (Å²) in [5.74, 6) is -2.06. The third kappa shape index (κ3) is 30.1. The minimum atomic E-state index is -2.27. The largest absolute Gasteiger partial charge is 0.457 e. The van der Waals surface area contributed by atoms with Crippen molar-refractivity contribution in [3.63, 3.8) is 0 Å². The number of allylic oxidation sites excluding steroid dienone is 2. The second-order valence-corrected chi connectivity index (χ2v) is 41.6. The number of aliphatic hydroxyl groups is 6. The van der Waals surface area contributed by atoms with E-state index in [0.717, 1.165) is 24.0 Å². The number of carbonyl (C=O) groups excluding carboxylic acids is 4. The summed E-state index contributed by atoms with van der Waals surface area (Å²) in [6.45, 7) is 32.6. The van der Waals surface area contributed by atoms with Crippen molar-refractivity contribution in [3.05, 3.63) is 67.9 Å². The van der Waals surface area contributed by atoms with Gasteiger partial charge in [-0.05, 0) is 87.2 Å². The molecular weight excluding hydrogens is 1420 g/mol. The SMILES string of the molecule is CC(=O)O[C@@H]1/C=C/[C@H](C)[C@@H](/C(C)=C/I)OC(=O)C[C@H](O)CC[C@@]1(C)O.CCC[CH2][Sn](/[CH]=C/[C@@H](C)[C@H](O)[C@H]1O[C@@H]1[C@H](C)[C@H](CC)OC)([CH2]CCC)[CH2]CCC.CC[C@H](OC)[C@@H](C)[C@H]1O[C@@H]1[C@@H](O)[C@H](C)/C=C/C=C(\C)[C@H]1OC(=O)C[C@H](O)CC[C@@](C)(O)[C@H](OC(C)=O)/C=C/[C@@H]1C. The summed E-state index contributed by atoms with van der Waals surface area (Å²) in [6, 6.07) is 0. The van der Waals surface area contributed by atoms with Crippen molar-refractivity contribution in [1.82, 2.24) is 0 Å². The van der Waals surface area contributed by atoms with Crippen molar-refractivity contribution in [3.8, 4) is 0 Å². The summed E-state index contributed by atoms with van der Waals surface area (Å²) < 4.78 is 53.7. The van der Waals surface area contributed by atoms with Crippen LogP contribution in [-0.4, -0.2) is 184 Å². The standard InChI is InChI=1S/C31H50O9.C18H27IO6.C13H23O3.3C4H9.Sn/c1-9-24(37-8)21(5)29-30(40-29)27(35)18(2)11-10-12-19(3)28-20(4)13-14-25(38-22(6)32)31(7,36)16-15-23(33)17-26(34)39-28;1-11-5-6-15(24-13(3)20)18(4,23)8-7-14(21)9-16(22)25-17(11)12(2)10-19;1-6-8(3)11(14)13-12(16-13)9(4)10(7-2)15-5;3*1-3-4-2;/h10-14,18,20-21,23-25,27-30,33,35-36H,9,15-17H2,1-8H3;5-6,10-11,14-15,17,21,23H,7-9H2,1-4H3;1,6,8-14H,7H2,2-5H3;3*1,3-4H2,2H3;/b11-10+,14-13+,19-12+;6-5+,12-10+;;;;;/t18-,20+,21-,23-,24+,25-,27+,28-,29-,30-,31-;11-,14+,15+,17-,18+;8-,9-,10+,11+,12-,13-;;;;/m101..../s1. The molecule has 0 bridgehead atoms. The van der Waals surface area contributed by atoms with E-state index in [1.807, 2.05) is 56.9 Å². The molecule has 0 amide bonds. The first-order valence-electron chi connectivity index (χ1n) is 35.1. The number of halogens is 1. The van der Waals surface area contributed by atoms with E-state index in [1.54, 1.807) is 52.4 Å². The van der Waals surface area contributed by atoms with Crippen LogP contribution < -0.4 is 0 Å². The topological polar surface area (TPSA) is 270 Å². The normalized spacial score (nSPS) is 32.4. The Bertz CT molecular complexity index is 2390. The van der Waals surface area contributed by atoms with Crippen LogP contribution in [0.15, 0.2) is 67.9 Å². The first-order valence-corrected chi connectivity index (χ1v) is 44.1. The second-order valence-electron chi connectivity index (χ2n) is 28.0. The Morgan fingerprint density at radius 1 is 0.628 bits per heavy atom. The zero-order valence-corrected chi connectivity index (χ0v) is 65.8. The maximum atomic E-state index is 12.6. The van der Waals surface area contributed by atoms with Crippen LogP contribution >= 0.6 is 22.6 Å². The summed E-state index contributed by atoms with van der Waals surface area (Å²) in [6.07, 6.45) is 19.1. The molecule has 4 aliphatic rings. The molecule has 18 nitrogen and oxygen atoms in total. The van der Waals surface area contributed by atoms with Crippen LogP contribution in [0.2, 0.25) is 13.3 Å². The van der Waals surface area contributed by atoms with E-state index in [0.29, 0.717) is 5.92 Å². The van der Waals surface area contributed by atoms with Crippen LogP contribution in [0.25, 0.3) is 0 Å². The number of aliphatic hydroxyl groups excluding tert-OH is 4. The molecule has 0 radical (unpaired) electrons. The van der Waals surface area contributed by atoms with Gasteiger partial charge in [-0.2, -0.15) is 0 Å². The molecule has 0 spiro atoms. The average molecular weight is 1550 g/mol. The third-order valence-corrected chi connectivity index (χ3v) is 34.5. The van der Waals surface area contributed by atoms with Gasteiger partial charge in [-0.3, -0.25) is 19.2 Å². The fourth-order valence-corrected chi connectivity index (χ4v) is 27.8. The number of rotatable bonds is 29. The molecule has 4 rings (SSSR count). The van der Waals surface area contributed by atoms with E-state index >= 15 is 0 Å². The molecule has 2 saturated heterocycles. The summed E-state index contributed by atoms with van der Waals surface area (Å²) in [7, 11) is 3.47. The molecule has 0 aromatic heterocycles. The van der Waals surface area contributed by atoms with Crippen molar-refractivity contribution >= 4 is 64.8 Å². The van der Waals surface area contributed by atoms with Gasteiger partial charge in [0.1, 0.15) is 41.7 Å². The molecule has 6 N–H and O–H groups in total. The van der Waals surface area contributed by atoms with Crippen molar-refractivity contribution in [2.24, 2.45) is 35.5 Å². The van der Waals surface area contributed by atoms with Gasteiger partial charge in [0.2, 0.25) is 0 Å². The predicted molar refractivity (Wildman–Crippen MR) is 381 cm³/mol. The van der Waals surface area contributed by atoms with Gasteiger partial charge < -0.3 is 54.0 Å². The number of unbranched alkanes of at least 4 members (excludes halogenated alkanes) is 3. The predicted octanol–water partition coefficient (Wildman–Crippen LogP) is 13.1. The molecule has 22 atom stereocenters. The second kappa shape index (κ2) is 43.9. The quantitative estimate of drug-likeness (QED) is 0.00773. The first-order chi connectivity index (χ1) is 44.2. The summed E-state index contributed by atoms with van der Waals surface area (Å²) in [5.41, 5.74) is -1.15. The monoisotopic (exact) mass is 1550 g/mol. The van der Waals surface area contributed by atoms with Crippen molar-refractivity contribution in [2.75, 3.05) is 14.2 Å². The molecule has 94 heavy (non-hydrogen) atoms. The van der Waals surface area contributed by atoms with Gasteiger partial charge in [-0.25, -0.2) is 0 Å². The van der Waals surface area contributed by atoms with Gasteiger partial charge in [0.25, 0.3) is 0 Å². The van der Waals surface area contributed by atoms with Crippen LogP contribution in [0.4, 0.5) is 0 Å². The molecule has 4 heterocycles. The van der Waals surface area contributed by atoms with E-state index in [2.05, 4.69) is 88.1 Å². The minimum Gasteiger partial charge on any atom is -0.457 e. The fraction of sp³-hybridized carbons (Fsp3) is 0.784. The Morgan fingerprint density at radius 3 is 1.34 bits per heavy atom. The zero-order chi connectivity index (χ0) is 71.3. The van der Waals surface area contributed by atoms with Crippen molar-refractivity contribution in [1.29, 1.82) is 0 Å². The third-order valence-electron chi connectivity index (χ3n) is 19.4. The summed E-state index contributed by atoms with van der Waals surface area (Å²) in [5, 5.41) is 63.8. The maximum absolute atomic E-state index is 12.6. The molecule has 0 unspecified atom stereocenters. The Balaban J connectivity index is 0.000000496. The van der Waals surface area contributed by atoms with Crippen LogP contribution in [0, 0.1) is 35.5 Å².